The molecule has 3 N–H and O–H groups in total. The van der Waals surface area contributed by atoms with Gasteiger partial charge in [-0.3, -0.25) is 0 Å². The van der Waals surface area contributed by atoms with Gasteiger partial charge in [-0.15, -0.1) is 10.2 Å². The van der Waals surface area contributed by atoms with Gasteiger partial charge < -0.3 is 20.7 Å². The Morgan fingerprint density at radius 2 is 1.69 bits per heavy atom. The van der Waals surface area contributed by atoms with Gasteiger partial charge in [0.05, 0.1) is 24.9 Å². The van der Waals surface area contributed by atoms with E-state index in [0.717, 1.165) is 43.8 Å². The summed E-state index contributed by atoms with van der Waals surface area (Å²) in [6.45, 7) is 0.492. The van der Waals surface area contributed by atoms with Gasteiger partial charge in [-0.05, 0) is 29.8 Å². The van der Waals surface area contributed by atoms with Gasteiger partial charge in [0.25, 0.3) is 5.95 Å². The van der Waals surface area contributed by atoms with E-state index < -0.39 is 0 Å². The number of nitrogens with one attached hydrogen (secondary N) is 3. The van der Waals surface area contributed by atoms with E-state index in [1.54, 1.807) is 18.4 Å². The Balaban J connectivity index is 1.75. The van der Waals surface area contributed by atoms with Crippen molar-refractivity contribution < 1.29 is 4.74 Å². The molecule has 3 heterocycles. The highest BCUT2D eigenvalue weighted by Gasteiger charge is 2.32. The molecule has 0 amide bonds. The number of halogens is 1. The maximum absolute atomic E-state index is 6.21. The van der Waals surface area contributed by atoms with E-state index in [0.29, 0.717) is 23.5 Å². The monoisotopic (exact) mass is 508 g/mol. The maximum Gasteiger partial charge on any atom is 0.254 e. The lowest BCUT2D eigenvalue weighted by Gasteiger charge is -2.18. The van der Waals surface area contributed by atoms with E-state index in [2.05, 4.69) is 26.1 Å². The fourth-order valence-corrected chi connectivity index (χ4v) is 5.33. The van der Waals surface area contributed by atoms with Crippen molar-refractivity contribution in [3.8, 4) is 10.8 Å². The third kappa shape index (κ3) is 4.04. The van der Waals surface area contributed by atoms with Crippen molar-refractivity contribution in [3.05, 3.63) is 70.2 Å². The first-order valence-corrected chi connectivity index (χ1v) is 12.2. The second-order valence-corrected chi connectivity index (χ2v) is 9.19. The van der Waals surface area contributed by atoms with Crippen LogP contribution in [-0.2, 0) is 6.54 Å². The van der Waals surface area contributed by atoms with Crippen LogP contribution in [0.5, 0.6) is 5.75 Å². The van der Waals surface area contributed by atoms with Crippen molar-refractivity contribution in [1.82, 2.24) is 14.8 Å². The summed E-state index contributed by atoms with van der Waals surface area (Å²) in [5, 5.41) is 28.4. The molecule has 0 aliphatic carbocycles. The van der Waals surface area contributed by atoms with Crippen LogP contribution in [0.4, 0.5) is 22.6 Å². The molecule has 0 radical (unpaired) electrons. The van der Waals surface area contributed by atoms with Gasteiger partial charge in [-0.1, -0.05) is 47.2 Å². The largest absolute Gasteiger partial charge is 0.497 e. The molecule has 1 aliphatic rings. The Labute approximate surface area is 212 Å². The summed E-state index contributed by atoms with van der Waals surface area (Å²) in [7, 11) is 7.31. The van der Waals surface area contributed by atoms with Crippen LogP contribution in [0.25, 0.3) is 5.00 Å². The number of anilines is 4. The van der Waals surface area contributed by atoms with Gasteiger partial charge in [-0.25, -0.2) is 9.58 Å². The molecule has 9 nitrogen and oxygen atoms in total. The van der Waals surface area contributed by atoms with E-state index in [1.807, 2.05) is 79.2 Å². The third-order valence-corrected chi connectivity index (χ3v) is 7.18. The maximum atomic E-state index is 6.21. The van der Waals surface area contributed by atoms with Gasteiger partial charge in [0.1, 0.15) is 21.5 Å². The molecule has 0 fully saturated rings. The molecule has 0 unspecified atom stereocenters. The molecule has 4 aromatic rings. The number of hydrogen-bond acceptors (Lipinski definition) is 9. The number of aromatic nitrogens is 3. The predicted octanol–water partition coefficient (Wildman–Crippen LogP) is 4.89. The first-order chi connectivity index (χ1) is 17.1. The number of hydrogen-bond donors (Lipinski definition) is 3. The quantitative estimate of drug-likeness (QED) is 0.327. The van der Waals surface area contributed by atoms with Crippen molar-refractivity contribution >= 4 is 51.2 Å². The van der Waals surface area contributed by atoms with Gasteiger partial charge in [0, 0.05) is 31.7 Å². The van der Waals surface area contributed by atoms with Crippen LogP contribution in [0.15, 0.2) is 53.6 Å². The molecule has 1 aliphatic heterocycles. The number of fused-ring (bicyclic) bond motifs is 3. The Hall–Kier alpha value is -3.76. The molecule has 2 aromatic heterocycles. The molecule has 35 heavy (non-hydrogen) atoms. The summed E-state index contributed by atoms with van der Waals surface area (Å²) in [5.74, 6) is 2.04. The minimum absolute atomic E-state index is 0.492. The Kier molecular flexibility index (Phi) is 6.23. The van der Waals surface area contributed by atoms with Crippen molar-refractivity contribution in [2.75, 3.05) is 49.2 Å². The van der Waals surface area contributed by atoms with E-state index in [4.69, 9.17) is 21.4 Å². The molecule has 0 saturated heterocycles. The summed E-state index contributed by atoms with van der Waals surface area (Å²) >= 11 is 7.82. The summed E-state index contributed by atoms with van der Waals surface area (Å²) in [4.78, 5) is 0. The summed E-state index contributed by atoms with van der Waals surface area (Å²) in [5.41, 5.74) is 4.71. The minimum Gasteiger partial charge on any atom is -0.497 e. The van der Waals surface area contributed by atoms with Crippen LogP contribution in [0.1, 0.15) is 16.7 Å². The van der Waals surface area contributed by atoms with E-state index >= 15 is 0 Å². The molecular weight excluding hydrogens is 484 g/mol. The lowest BCUT2D eigenvalue weighted by atomic mass is 10.0. The molecule has 2 aromatic carbocycles. The SMILES string of the molecule is CNc1sc2c(c1NC)C(c1ccc(Cl)cc1)=NN(Cc1ccc(OC)cc1)c1nnc(NC)n1-2. The fraction of sp³-hybridized carbons (Fsp3) is 0.208. The molecule has 0 bridgehead atoms. The van der Waals surface area contributed by atoms with E-state index in [9.17, 15) is 0 Å². The second kappa shape index (κ2) is 9.47. The molecule has 0 atom stereocenters. The number of nitrogens with zero attached hydrogens (tertiary/aromatic N) is 5. The van der Waals surface area contributed by atoms with E-state index in [-0.39, 0.29) is 0 Å². The van der Waals surface area contributed by atoms with Crippen LogP contribution in [0.3, 0.4) is 0 Å². The van der Waals surface area contributed by atoms with Crippen LogP contribution in [0, 0.1) is 0 Å². The van der Waals surface area contributed by atoms with Crippen LogP contribution in [-0.4, -0.2) is 48.7 Å². The number of thiophene rings is 1. The Morgan fingerprint density at radius 3 is 2.31 bits per heavy atom. The minimum atomic E-state index is 0.492. The molecule has 0 saturated carbocycles. The zero-order valence-corrected chi connectivity index (χ0v) is 21.3. The summed E-state index contributed by atoms with van der Waals surface area (Å²) < 4.78 is 7.33. The van der Waals surface area contributed by atoms with Gasteiger partial charge in [0.15, 0.2) is 0 Å². The molecular formula is C24H25ClN8OS. The highest BCUT2D eigenvalue weighted by atomic mass is 35.5. The van der Waals surface area contributed by atoms with Crippen molar-refractivity contribution in [2.45, 2.75) is 6.54 Å². The zero-order chi connectivity index (χ0) is 24.5. The van der Waals surface area contributed by atoms with Gasteiger partial charge >= 0.3 is 0 Å². The Morgan fingerprint density at radius 1 is 0.943 bits per heavy atom. The van der Waals surface area contributed by atoms with Crippen molar-refractivity contribution in [3.63, 3.8) is 0 Å². The number of benzene rings is 2. The average molecular weight is 509 g/mol. The topological polar surface area (TPSA) is 91.6 Å². The van der Waals surface area contributed by atoms with Crippen molar-refractivity contribution in [1.29, 1.82) is 0 Å². The highest BCUT2D eigenvalue weighted by Crippen LogP contribution is 2.45. The number of ether oxygens (including phenoxy) is 1. The van der Waals surface area contributed by atoms with Gasteiger partial charge in [-0.2, -0.15) is 5.10 Å². The van der Waals surface area contributed by atoms with Crippen LogP contribution in [0.2, 0.25) is 5.02 Å². The first-order valence-electron chi connectivity index (χ1n) is 11.0. The standard InChI is InChI=1S/C24H25ClN8OS/c1-26-20-18-19(15-7-9-16(25)10-8-15)31-32(13-14-5-11-17(34-4)12-6-14)24-30-29-23(28-3)33(24)22(18)35-21(20)27-2/h5-12,26-27H,13H2,1-4H3,(H,28,29). The summed E-state index contributed by atoms with van der Waals surface area (Å²) in [6.07, 6.45) is 0. The Bertz CT molecular complexity index is 1380. The lowest BCUT2D eigenvalue weighted by molar-refractivity contribution is 0.414. The predicted molar refractivity (Wildman–Crippen MR) is 144 cm³/mol. The second-order valence-electron chi connectivity index (χ2n) is 7.76. The van der Waals surface area contributed by atoms with E-state index in [1.165, 1.54) is 0 Å². The first kappa shape index (κ1) is 23.0. The lowest BCUT2D eigenvalue weighted by Crippen LogP contribution is -2.20. The molecule has 5 rings (SSSR count). The van der Waals surface area contributed by atoms with Crippen molar-refractivity contribution in [2.24, 2.45) is 5.10 Å². The van der Waals surface area contributed by atoms with Crippen LogP contribution >= 0.6 is 22.9 Å². The third-order valence-electron chi connectivity index (χ3n) is 5.74. The fourth-order valence-electron chi connectivity index (χ4n) is 4.04. The number of rotatable bonds is 7. The summed E-state index contributed by atoms with van der Waals surface area (Å²) in [6, 6.07) is 15.6. The number of hydrazone groups is 1. The smallest absolute Gasteiger partial charge is 0.254 e. The van der Waals surface area contributed by atoms with Crippen LogP contribution < -0.4 is 25.7 Å². The zero-order valence-electron chi connectivity index (χ0n) is 19.8. The highest BCUT2D eigenvalue weighted by molar-refractivity contribution is 7.19. The molecule has 11 heteroatoms. The van der Waals surface area contributed by atoms with Gasteiger partial charge in [0.2, 0.25) is 5.95 Å². The molecule has 0 spiro atoms. The molecule has 180 valence electrons. The average Bonchev–Trinajstić information content (AvgIpc) is 3.45. The normalized spacial score (nSPS) is 12.4. The number of methoxy groups -OCH3 is 1.